The van der Waals surface area contributed by atoms with Gasteiger partial charge >= 0.3 is 0 Å². The number of aryl methyl sites for hydroxylation is 1. The van der Waals surface area contributed by atoms with E-state index in [-0.39, 0.29) is 27.7 Å². The fraction of sp³-hybridized carbons (Fsp3) is 0.345. The molecule has 2 amide bonds. The number of carbonyl (C=O) groups is 2. The topological polar surface area (TPSA) is 161 Å². The first-order chi connectivity index (χ1) is 21.4. The molecule has 0 bridgehead atoms. The van der Waals surface area contributed by atoms with Crippen LogP contribution in [0, 0.1) is 11.6 Å². The highest BCUT2D eigenvalue weighted by molar-refractivity contribution is 6.33. The molecule has 0 unspecified atom stereocenters. The highest BCUT2D eigenvalue weighted by Crippen LogP contribution is 2.36. The highest BCUT2D eigenvalue weighted by Gasteiger charge is 2.27. The summed E-state index contributed by atoms with van der Waals surface area (Å²) in [6, 6.07) is 2.65. The molecule has 0 radical (unpaired) electrons. The SMILES string of the molecule is COCCN1CCN(c2cc(NC(=O)Cn3cc(-c4cc(C(N)=O)c(O)c(F)c4F)c4c(=O)n(C)cnc43)c(Cl)cn2)[C@@H](C)C1. The normalized spacial score (nSPS) is 15.5. The van der Waals surface area contributed by atoms with E-state index in [1.165, 1.54) is 30.3 Å². The second-order valence-electron chi connectivity index (χ2n) is 10.7. The van der Waals surface area contributed by atoms with Gasteiger partial charge in [0.1, 0.15) is 18.0 Å². The first-order valence-corrected chi connectivity index (χ1v) is 14.3. The van der Waals surface area contributed by atoms with Crippen LogP contribution in [-0.4, -0.2) is 86.9 Å². The zero-order valence-electron chi connectivity index (χ0n) is 24.7. The molecule has 238 valence electrons. The predicted molar refractivity (Wildman–Crippen MR) is 164 cm³/mol. The van der Waals surface area contributed by atoms with E-state index in [0.717, 1.165) is 30.3 Å². The summed E-state index contributed by atoms with van der Waals surface area (Å²) in [4.78, 5) is 51.4. The lowest BCUT2D eigenvalue weighted by molar-refractivity contribution is -0.116. The van der Waals surface area contributed by atoms with Crippen molar-refractivity contribution in [1.82, 2.24) is 24.0 Å². The first-order valence-electron chi connectivity index (χ1n) is 13.9. The van der Waals surface area contributed by atoms with Crippen molar-refractivity contribution in [1.29, 1.82) is 0 Å². The minimum Gasteiger partial charge on any atom is -0.504 e. The number of halogens is 3. The fourth-order valence-corrected chi connectivity index (χ4v) is 5.56. The summed E-state index contributed by atoms with van der Waals surface area (Å²) in [5.41, 5.74) is 3.56. The fourth-order valence-electron chi connectivity index (χ4n) is 5.41. The Morgan fingerprint density at radius 1 is 1.20 bits per heavy atom. The van der Waals surface area contributed by atoms with Crippen molar-refractivity contribution in [3.63, 3.8) is 0 Å². The molecule has 45 heavy (non-hydrogen) atoms. The van der Waals surface area contributed by atoms with Gasteiger partial charge in [0.05, 0.1) is 40.8 Å². The van der Waals surface area contributed by atoms with Crippen LogP contribution in [0.15, 0.2) is 35.6 Å². The number of methoxy groups -OCH3 is 1. The van der Waals surface area contributed by atoms with Crippen LogP contribution in [0.3, 0.4) is 0 Å². The van der Waals surface area contributed by atoms with Crippen LogP contribution in [0.25, 0.3) is 22.2 Å². The molecule has 1 saturated heterocycles. The summed E-state index contributed by atoms with van der Waals surface area (Å²) in [5.74, 6) is -5.63. The van der Waals surface area contributed by atoms with Gasteiger partial charge in [-0.3, -0.25) is 19.3 Å². The molecule has 0 aliphatic carbocycles. The number of aromatic nitrogens is 4. The highest BCUT2D eigenvalue weighted by atomic mass is 35.5. The Morgan fingerprint density at radius 2 is 1.96 bits per heavy atom. The zero-order chi connectivity index (χ0) is 32.6. The lowest BCUT2D eigenvalue weighted by Crippen LogP contribution is -2.52. The Labute approximate surface area is 260 Å². The Morgan fingerprint density at radius 3 is 2.64 bits per heavy atom. The minimum absolute atomic E-state index is 0.00144. The van der Waals surface area contributed by atoms with E-state index < -0.39 is 52.4 Å². The molecule has 0 spiro atoms. The number of primary amides is 1. The van der Waals surface area contributed by atoms with E-state index in [1.807, 2.05) is 0 Å². The van der Waals surface area contributed by atoms with Gasteiger partial charge in [-0.25, -0.2) is 14.4 Å². The second-order valence-corrected chi connectivity index (χ2v) is 11.2. The van der Waals surface area contributed by atoms with Crippen LogP contribution in [0.4, 0.5) is 20.3 Å². The molecule has 1 aromatic carbocycles. The number of piperazine rings is 1. The van der Waals surface area contributed by atoms with Crippen LogP contribution in [0.1, 0.15) is 17.3 Å². The van der Waals surface area contributed by atoms with Crippen molar-refractivity contribution in [2.24, 2.45) is 12.8 Å². The Balaban J connectivity index is 1.45. The standard InChI is InChI=1S/C29H31ClF2N8O5/c1-15-11-38(6-7-45-3)4-5-40(15)21-9-20(19(30)10-34-21)36-22(41)13-39-12-18(23-28(39)35-14-37(2)29(23)44)16-8-17(27(33)43)26(42)25(32)24(16)31/h8-10,12,14-15,42H,4-7,11,13H2,1-3H3,(H2,33,43)(H,34,36,41)/t15-/m0/s1. The molecule has 5 rings (SSSR count). The van der Waals surface area contributed by atoms with E-state index in [4.69, 9.17) is 22.1 Å². The third kappa shape index (κ3) is 6.18. The molecular formula is C29H31ClF2N8O5. The van der Waals surface area contributed by atoms with Gasteiger partial charge in [-0.2, -0.15) is 4.39 Å². The maximum absolute atomic E-state index is 15.1. The summed E-state index contributed by atoms with van der Waals surface area (Å²) in [7, 11) is 3.08. The van der Waals surface area contributed by atoms with E-state index in [0.29, 0.717) is 24.7 Å². The molecule has 16 heteroatoms. The van der Waals surface area contributed by atoms with Crippen LogP contribution in [0.5, 0.6) is 5.75 Å². The average Bonchev–Trinajstić information content (AvgIpc) is 3.36. The van der Waals surface area contributed by atoms with Crippen LogP contribution < -0.4 is 21.5 Å². The number of pyridine rings is 1. The number of phenols is 1. The quantitative estimate of drug-likeness (QED) is 0.248. The van der Waals surface area contributed by atoms with Crippen molar-refractivity contribution >= 4 is 46.0 Å². The van der Waals surface area contributed by atoms with Crippen molar-refractivity contribution in [2.45, 2.75) is 19.5 Å². The number of amides is 2. The Bertz CT molecular complexity index is 1860. The van der Waals surface area contributed by atoms with E-state index >= 15 is 4.39 Å². The predicted octanol–water partition coefficient (Wildman–Crippen LogP) is 2.33. The summed E-state index contributed by atoms with van der Waals surface area (Å²) in [6.45, 7) is 5.45. The number of hydrogen-bond donors (Lipinski definition) is 3. The van der Waals surface area contributed by atoms with Gasteiger partial charge in [0.15, 0.2) is 11.6 Å². The zero-order valence-corrected chi connectivity index (χ0v) is 25.4. The number of nitrogens with zero attached hydrogens (tertiary/aromatic N) is 6. The van der Waals surface area contributed by atoms with E-state index in [1.54, 1.807) is 13.2 Å². The van der Waals surface area contributed by atoms with Crippen LogP contribution in [-0.2, 0) is 23.1 Å². The van der Waals surface area contributed by atoms with Crippen LogP contribution in [0.2, 0.25) is 5.02 Å². The molecule has 13 nitrogen and oxygen atoms in total. The third-order valence-electron chi connectivity index (χ3n) is 7.72. The molecule has 1 fully saturated rings. The monoisotopic (exact) mass is 644 g/mol. The molecule has 4 heterocycles. The van der Waals surface area contributed by atoms with Gasteiger partial charge in [-0.15, -0.1) is 0 Å². The van der Waals surface area contributed by atoms with Crippen molar-refractivity contribution in [2.75, 3.05) is 50.1 Å². The summed E-state index contributed by atoms with van der Waals surface area (Å²) in [5, 5.41) is 12.7. The molecule has 1 atom stereocenters. The van der Waals surface area contributed by atoms with E-state index in [9.17, 15) is 23.9 Å². The van der Waals surface area contributed by atoms with Crippen LogP contribution >= 0.6 is 11.6 Å². The van der Waals surface area contributed by atoms with E-state index in [2.05, 4.69) is 32.0 Å². The number of nitrogens with two attached hydrogens (primary N) is 1. The largest absolute Gasteiger partial charge is 0.504 e. The Hall–Kier alpha value is -4.60. The number of nitrogens with one attached hydrogen (secondary N) is 1. The number of benzene rings is 1. The summed E-state index contributed by atoms with van der Waals surface area (Å²) >= 11 is 6.39. The van der Waals surface area contributed by atoms with Gasteiger partial charge in [0, 0.05) is 69.8 Å². The maximum atomic E-state index is 15.1. The molecule has 4 N–H and O–H groups in total. The van der Waals surface area contributed by atoms with Gasteiger partial charge < -0.3 is 34.9 Å². The van der Waals surface area contributed by atoms with Crippen molar-refractivity contribution < 1.29 is 28.2 Å². The lowest BCUT2D eigenvalue weighted by Gasteiger charge is -2.40. The number of carbonyl (C=O) groups excluding carboxylic acids is 2. The maximum Gasteiger partial charge on any atom is 0.263 e. The number of anilines is 2. The van der Waals surface area contributed by atoms with Gasteiger partial charge in [-0.05, 0) is 13.0 Å². The van der Waals surface area contributed by atoms with Gasteiger partial charge in [0.25, 0.3) is 11.5 Å². The first kappa shape index (κ1) is 31.8. The number of fused-ring (bicyclic) bond motifs is 1. The van der Waals surface area contributed by atoms with Gasteiger partial charge in [-0.1, -0.05) is 11.6 Å². The molecule has 0 saturated carbocycles. The van der Waals surface area contributed by atoms with Crippen molar-refractivity contribution in [3.8, 4) is 16.9 Å². The molecule has 1 aliphatic heterocycles. The van der Waals surface area contributed by atoms with Gasteiger partial charge in [0.2, 0.25) is 11.7 Å². The molecule has 1 aliphatic rings. The number of ether oxygens (including phenoxy) is 1. The molecule has 3 aromatic heterocycles. The smallest absolute Gasteiger partial charge is 0.263 e. The summed E-state index contributed by atoms with van der Waals surface area (Å²) < 4.78 is 37.3. The number of hydrogen-bond acceptors (Lipinski definition) is 9. The average molecular weight is 645 g/mol. The number of aromatic hydroxyl groups is 1. The molecular weight excluding hydrogens is 614 g/mol. The summed E-state index contributed by atoms with van der Waals surface area (Å²) in [6.07, 6.45) is 3.90. The third-order valence-corrected chi connectivity index (χ3v) is 8.02. The van der Waals surface area contributed by atoms with Crippen molar-refractivity contribution in [3.05, 3.63) is 63.4 Å². The number of rotatable bonds is 9. The second kappa shape index (κ2) is 12.8. The Kier molecular flexibility index (Phi) is 9.04. The minimum atomic E-state index is -1.71. The lowest BCUT2D eigenvalue weighted by atomic mass is 10.0. The molecule has 4 aromatic rings.